The van der Waals surface area contributed by atoms with Crippen molar-refractivity contribution >= 4 is 24.0 Å². The van der Waals surface area contributed by atoms with E-state index in [0.29, 0.717) is 11.3 Å². The molecular weight excluding hydrogens is 418 g/mol. The maximum absolute atomic E-state index is 12.1. The molecule has 162 valence electrons. The van der Waals surface area contributed by atoms with E-state index in [2.05, 4.69) is 10.5 Å². The predicted molar refractivity (Wildman–Crippen MR) is 114 cm³/mol. The van der Waals surface area contributed by atoms with Gasteiger partial charge < -0.3 is 14.2 Å². The second kappa shape index (κ2) is 10.3. The fraction of sp³-hybridized carbons (Fsp3) is 0.0455. The Morgan fingerprint density at radius 3 is 2.34 bits per heavy atom. The summed E-state index contributed by atoms with van der Waals surface area (Å²) in [5, 5.41) is 14.5. The molecule has 10 heteroatoms. The maximum Gasteiger partial charge on any atom is 0.519 e. The lowest BCUT2D eigenvalue weighted by molar-refractivity contribution is -0.384. The number of nitrogens with one attached hydrogen (secondary N) is 1. The van der Waals surface area contributed by atoms with Crippen LogP contribution in [0.3, 0.4) is 0 Å². The molecule has 0 bridgehead atoms. The second-order valence-corrected chi connectivity index (χ2v) is 6.18. The first-order chi connectivity index (χ1) is 15.5. The summed E-state index contributed by atoms with van der Waals surface area (Å²) in [6.07, 6.45) is 0.434. The highest BCUT2D eigenvalue weighted by atomic mass is 16.7. The van der Waals surface area contributed by atoms with Crippen molar-refractivity contribution in [3.63, 3.8) is 0 Å². The molecule has 10 nitrogen and oxygen atoms in total. The first kappa shape index (κ1) is 22.0. The third kappa shape index (κ3) is 5.89. The van der Waals surface area contributed by atoms with Crippen LogP contribution in [0.5, 0.6) is 17.2 Å². The summed E-state index contributed by atoms with van der Waals surface area (Å²) in [5.41, 5.74) is 2.97. The Balaban J connectivity index is 1.61. The summed E-state index contributed by atoms with van der Waals surface area (Å²) in [6, 6.07) is 18.2. The van der Waals surface area contributed by atoms with E-state index in [-0.39, 0.29) is 22.7 Å². The molecule has 1 amide bonds. The average Bonchev–Trinajstić information content (AvgIpc) is 2.80. The number of ether oxygens (including phenoxy) is 3. The van der Waals surface area contributed by atoms with Gasteiger partial charge in [-0.2, -0.15) is 5.10 Å². The zero-order chi connectivity index (χ0) is 22.9. The molecule has 0 heterocycles. The van der Waals surface area contributed by atoms with Crippen molar-refractivity contribution in [3.05, 3.63) is 94.0 Å². The van der Waals surface area contributed by atoms with Gasteiger partial charge in [-0.05, 0) is 48.0 Å². The minimum atomic E-state index is -0.925. The van der Waals surface area contributed by atoms with E-state index in [1.54, 1.807) is 42.5 Å². The summed E-state index contributed by atoms with van der Waals surface area (Å²) in [7, 11) is 1.40. The van der Waals surface area contributed by atoms with Crippen LogP contribution in [-0.4, -0.2) is 30.3 Å². The quantitative estimate of drug-likeness (QED) is 0.196. The van der Waals surface area contributed by atoms with Gasteiger partial charge in [0, 0.05) is 17.7 Å². The number of hydrazone groups is 1. The molecule has 0 atom stereocenters. The summed E-state index contributed by atoms with van der Waals surface area (Å²) < 4.78 is 15.5. The fourth-order valence-electron chi connectivity index (χ4n) is 2.51. The van der Waals surface area contributed by atoms with Crippen molar-refractivity contribution in [3.8, 4) is 17.2 Å². The molecule has 0 aliphatic rings. The van der Waals surface area contributed by atoms with E-state index in [0.717, 1.165) is 0 Å². The Kier molecular flexibility index (Phi) is 7.10. The normalized spacial score (nSPS) is 10.4. The van der Waals surface area contributed by atoms with E-state index < -0.39 is 17.0 Å². The summed E-state index contributed by atoms with van der Waals surface area (Å²) >= 11 is 0. The predicted octanol–water partition coefficient (Wildman–Crippen LogP) is 3.95. The Labute approximate surface area is 182 Å². The molecule has 0 unspecified atom stereocenters. The van der Waals surface area contributed by atoms with E-state index >= 15 is 0 Å². The number of amides is 1. The van der Waals surface area contributed by atoms with Crippen LogP contribution in [0.25, 0.3) is 0 Å². The number of carbonyl (C=O) groups excluding carboxylic acids is 2. The van der Waals surface area contributed by atoms with Crippen molar-refractivity contribution in [1.29, 1.82) is 0 Å². The van der Waals surface area contributed by atoms with Gasteiger partial charge in [0.2, 0.25) is 0 Å². The van der Waals surface area contributed by atoms with Crippen LogP contribution in [0.4, 0.5) is 10.5 Å². The Morgan fingerprint density at radius 2 is 1.69 bits per heavy atom. The van der Waals surface area contributed by atoms with Crippen molar-refractivity contribution in [2.24, 2.45) is 5.10 Å². The van der Waals surface area contributed by atoms with Crippen LogP contribution in [0.1, 0.15) is 15.9 Å². The molecule has 0 saturated heterocycles. The first-order valence-corrected chi connectivity index (χ1v) is 9.17. The average molecular weight is 435 g/mol. The lowest BCUT2D eigenvalue weighted by Crippen LogP contribution is -2.17. The molecular formula is C22H17N3O7. The first-order valence-electron chi connectivity index (χ1n) is 9.17. The Morgan fingerprint density at radius 1 is 0.969 bits per heavy atom. The Hall–Kier alpha value is -4.73. The van der Waals surface area contributed by atoms with Crippen LogP contribution in [0.15, 0.2) is 77.9 Å². The van der Waals surface area contributed by atoms with Crippen molar-refractivity contribution in [1.82, 2.24) is 5.43 Å². The van der Waals surface area contributed by atoms with E-state index in [1.165, 1.54) is 43.7 Å². The van der Waals surface area contributed by atoms with Crippen molar-refractivity contribution in [2.45, 2.75) is 0 Å². The zero-order valence-electron chi connectivity index (χ0n) is 16.8. The number of hydrogen-bond donors (Lipinski definition) is 1. The molecule has 3 aromatic rings. The summed E-state index contributed by atoms with van der Waals surface area (Å²) in [5.74, 6) is 0.192. The SMILES string of the molecule is COc1cc(C=NNC(=O)c2ccc([N+](=O)[O-])cc2)ccc1OC(=O)Oc1ccccc1. The van der Waals surface area contributed by atoms with Gasteiger partial charge in [0.05, 0.1) is 18.2 Å². The Bertz CT molecular complexity index is 1150. The van der Waals surface area contributed by atoms with Crippen molar-refractivity contribution < 1.29 is 28.7 Å². The van der Waals surface area contributed by atoms with Gasteiger partial charge in [0.25, 0.3) is 11.6 Å². The van der Waals surface area contributed by atoms with Gasteiger partial charge >= 0.3 is 6.16 Å². The number of benzene rings is 3. The molecule has 32 heavy (non-hydrogen) atoms. The third-order valence-corrected chi connectivity index (χ3v) is 4.05. The third-order valence-electron chi connectivity index (χ3n) is 4.05. The van der Waals surface area contributed by atoms with Gasteiger partial charge in [-0.3, -0.25) is 14.9 Å². The number of methoxy groups -OCH3 is 1. The smallest absolute Gasteiger partial charge is 0.493 e. The number of nitro benzene ring substituents is 1. The standard InChI is InChI=1S/C22H17N3O7/c1-30-20-13-15(7-12-19(20)32-22(27)31-18-5-3-2-4-6-18)14-23-24-21(26)16-8-10-17(11-9-16)25(28)29/h2-14H,1H3,(H,24,26). The van der Waals surface area contributed by atoms with Crippen LogP contribution in [-0.2, 0) is 0 Å². The zero-order valence-corrected chi connectivity index (χ0v) is 16.8. The lowest BCUT2D eigenvalue weighted by Gasteiger charge is -2.10. The molecule has 0 fully saturated rings. The van der Waals surface area contributed by atoms with E-state index in [9.17, 15) is 19.7 Å². The highest BCUT2D eigenvalue weighted by Gasteiger charge is 2.13. The van der Waals surface area contributed by atoms with Crippen LogP contribution >= 0.6 is 0 Å². The monoisotopic (exact) mass is 435 g/mol. The van der Waals surface area contributed by atoms with Crippen LogP contribution in [0, 0.1) is 10.1 Å². The van der Waals surface area contributed by atoms with E-state index in [1.807, 2.05) is 0 Å². The molecule has 3 aromatic carbocycles. The highest BCUT2D eigenvalue weighted by molar-refractivity contribution is 5.95. The minimum absolute atomic E-state index is 0.118. The largest absolute Gasteiger partial charge is 0.519 e. The topological polar surface area (TPSA) is 129 Å². The molecule has 3 rings (SSSR count). The van der Waals surface area contributed by atoms with Gasteiger partial charge in [0.1, 0.15) is 5.75 Å². The number of nitro groups is 1. The number of nitrogens with zero attached hydrogens (tertiary/aromatic N) is 2. The lowest BCUT2D eigenvalue weighted by atomic mass is 10.2. The number of non-ortho nitro benzene ring substituents is 1. The highest BCUT2D eigenvalue weighted by Crippen LogP contribution is 2.28. The molecule has 1 N–H and O–H groups in total. The van der Waals surface area contributed by atoms with Gasteiger partial charge in [-0.25, -0.2) is 10.2 Å². The number of hydrogen-bond acceptors (Lipinski definition) is 8. The summed E-state index contributed by atoms with van der Waals surface area (Å²) in [4.78, 5) is 34.1. The molecule has 0 aliphatic heterocycles. The maximum atomic E-state index is 12.1. The van der Waals surface area contributed by atoms with Gasteiger partial charge in [0.15, 0.2) is 11.5 Å². The fourth-order valence-corrected chi connectivity index (χ4v) is 2.51. The molecule has 0 spiro atoms. The van der Waals surface area contributed by atoms with Crippen molar-refractivity contribution in [2.75, 3.05) is 7.11 Å². The molecule has 0 saturated carbocycles. The molecule has 0 aromatic heterocycles. The summed E-state index contributed by atoms with van der Waals surface area (Å²) in [6.45, 7) is 0. The van der Waals surface area contributed by atoms with Gasteiger partial charge in [-0.1, -0.05) is 18.2 Å². The molecule has 0 aliphatic carbocycles. The number of carbonyl (C=O) groups is 2. The molecule has 0 radical (unpaired) electrons. The van der Waals surface area contributed by atoms with Gasteiger partial charge in [-0.15, -0.1) is 0 Å². The number of rotatable bonds is 7. The second-order valence-electron chi connectivity index (χ2n) is 6.18. The number of para-hydroxylation sites is 1. The van der Waals surface area contributed by atoms with E-state index in [4.69, 9.17) is 14.2 Å². The van der Waals surface area contributed by atoms with Crippen LogP contribution < -0.4 is 19.6 Å². The minimum Gasteiger partial charge on any atom is -0.493 e. The van der Waals surface area contributed by atoms with Crippen LogP contribution in [0.2, 0.25) is 0 Å².